The fraction of sp³-hybridized carbons (Fsp3) is 0.200. The molecule has 0 unspecified atom stereocenters. The fourth-order valence-electron chi connectivity index (χ4n) is 1.93. The first-order chi connectivity index (χ1) is 9.94. The molecule has 0 aliphatic carbocycles. The molecular formula is C15H16ClNO3S. The number of hydrogen-bond donors (Lipinski definition) is 1. The van der Waals surface area contributed by atoms with Gasteiger partial charge in [-0.25, -0.2) is 13.1 Å². The van der Waals surface area contributed by atoms with E-state index in [1.807, 2.05) is 0 Å². The molecule has 0 bridgehead atoms. The zero-order valence-electron chi connectivity index (χ0n) is 11.8. The molecule has 2 aromatic carbocycles. The van der Waals surface area contributed by atoms with E-state index in [0.717, 1.165) is 5.56 Å². The van der Waals surface area contributed by atoms with Crippen LogP contribution in [0.15, 0.2) is 47.4 Å². The molecule has 0 saturated carbocycles. The Hall–Kier alpha value is -1.56. The van der Waals surface area contributed by atoms with Crippen LogP contribution in [0.5, 0.6) is 5.75 Å². The summed E-state index contributed by atoms with van der Waals surface area (Å²) in [7, 11) is -2.01. The van der Waals surface area contributed by atoms with Crippen molar-refractivity contribution in [3.05, 3.63) is 58.6 Å². The van der Waals surface area contributed by atoms with E-state index in [2.05, 4.69) is 4.72 Å². The van der Waals surface area contributed by atoms with Crippen molar-refractivity contribution >= 4 is 21.6 Å². The average Bonchev–Trinajstić information content (AvgIpc) is 2.45. The largest absolute Gasteiger partial charge is 0.495 e. The maximum absolute atomic E-state index is 12.3. The van der Waals surface area contributed by atoms with Crippen molar-refractivity contribution in [2.75, 3.05) is 7.11 Å². The van der Waals surface area contributed by atoms with Crippen molar-refractivity contribution in [1.82, 2.24) is 4.72 Å². The van der Waals surface area contributed by atoms with Crippen LogP contribution < -0.4 is 9.46 Å². The topological polar surface area (TPSA) is 55.4 Å². The summed E-state index contributed by atoms with van der Waals surface area (Å²) >= 11 is 6.02. The zero-order valence-corrected chi connectivity index (χ0v) is 13.3. The first-order valence-corrected chi connectivity index (χ1v) is 8.18. The highest BCUT2D eigenvalue weighted by atomic mass is 35.5. The molecule has 0 aliphatic rings. The van der Waals surface area contributed by atoms with Crippen LogP contribution in [-0.2, 0) is 16.6 Å². The number of methoxy groups -OCH3 is 1. The summed E-state index contributed by atoms with van der Waals surface area (Å²) in [6.45, 7) is 1.93. The second-order valence-electron chi connectivity index (χ2n) is 4.56. The number of halogens is 1. The van der Waals surface area contributed by atoms with Gasteiger partial charge in [-0.1, -0.05) is 35.9 Å². The van der Waals surface area contributed by atoms with Gasteiger partial charge in [0.2, 0.25) is 10.0 Å². The van der Waals surface area contributed by atoms with Gasteiger partial charge in [-0.2, -0.15) is 0 Å². The maximum Gasteiger partial charge on any atom is 0.241 e. The van der Waals surface area contributed by atoms with E-state index in [0.29, 0.717) is 16.3 Å². The van der Waals surface area contributed by atoms with Gasteiger partial charge in [-0.3, -0.25) is 0 Å². The number of sulfonamides is 1. The van der Waals surface area contributed by atoms with Gasteiger partial charge in [0.1, 0.15) is 5.75 Å². The molecule has 4 nitrogen and oxygen atoms in total. The van der Waals surface area contributed by atoms with E-state index in [1.165, 1.54) is 7.11 Å². The summed E-state index contributed by atoms with van der Waals surface area (Å²) in [6.07, 6.45) is 0. The van der Waals surface area contributed by atoms with Crippen molar-refractivity contribution in [3.63, 3.8) is 0 Å². The van der Waals surface area contributed by atoms with E-state index in [1.54, 1.807) is 49.4 Å². The number of benzene rings is 2. The lowest BCUT2D eigenvalue weighted by Gasteiger charge is -2.10. The molecule has 0 aliphatic heterocycles. The maximum atomic E-state index is 12.3. The van der Waals surface area contributed by atoms with Gasteiger partial charge < -0.3 is 4.74 Å². The molecule has 2 rings (SSSR count). The number of aryl methyl sites for hydroxylation is 1. The van der Waals surface area contributed by atoms with E-state index in [4.69, 9.17) is 16.3 Å². The highest BCUT2D eigenvalue weighted by Gasteiger charge is 2.15. The SMILES string of the molecule is COc1ccc(CNS(=O)(=O)c2ccccc2C)cc1Cl. The average molecular weight is 326 g/mol. The van der Waals surface area contributed by atoms with Gasteiger partial charge in [0.15, 0.2) is 0 Å². The summed E-state index contributed by atoms with van der Waals surface area (Å²) in [6, 6.07) is 12.0. The Labute approximate surface area is 129 Å². The third-order valence-corrected chi connectivity index (χ3v) is 4.92. The zero-order chi connectivity index (χ0) is 15.5. The predicted octanol–water partition coefficient (Wildman–Crippen LogP) is 3.14. The second-order valence-corrected chi connectivity index (χ2v) is 6.70. The summed E-state index contributed by atoms with van der Waals surface area (Å²) < 4.78 is 32.2. The number of nitrogens with one attached hydrogen (secondary N) is 1. The number of ether oxygens (including phenoxy) is 1. The van der Waals surface area contributed by atoms with E-state index >= 15 is 0 Å². The molecule has 0 radical (unpaired) electrons. The van der Waals surface area contributed by atoms with E-state index in [9.17, 15) is 8.42 Å². The Morgan fingerprint density at radius 1 is 1.19 bits per heavy atom. The quantitative estimate of drug-likeness (QED) is 0.918. The lowest BCUT2D eigenvalue weighted by atomic mass is 10.2. The van der Waals surface area contributed by atoms with Crippen LogP contribution in [0.2, 0.25) is 5.02 Å². The highest BCUT2D eigenvalue weighted by Crippen LogP contribution is 2.25. The summed E-state index contributed by atoms with van der Waals surface area (Å²) in [4.78, 5) is 0.282. The van der Waals surface area contributed by atoms with Gasteiger partial charge in [0.05, 0.1) is 17.0 Å². The van der Waals surface area contributed by atoms with Crippen LogP contribution in [0.4, 0.5) is 0 Å². The first kappa shape index (κ1) is 15.8. The molecule has 0 aromatic heterocycles. The Kier molecular flexibility index (Phi) is 4.88. The second kappa shape index (κ2) is 6.47. The molecule has 112 valence electrons. The van der Waals surface area contributed by atoms with Crippen LogP contribution in [0.1, 0.15) is 11.1 Å². The monoisotopic (exact) mass is 325 g/mol. The Morgan fingerprint density at radius 2 is 1.90 bits per heavy atom. The van der Waals surface area contributed by atoms with Crippen LogP contribution in [-0.4, -0.2) is 15.5 Å². The minimum Gasteiger partial charge on any atom is -0.495 e. The minimum atomic E-state index is -3.54. The van der Waals surface area contributed by atoms with Crippen molar-refractivity contribution in [2.45, 2.75) is 18.4 Å². The molecule has 2 aromatic rings. The molecule has 1 N–H and O–H groups in total. The molecule has 0 atom stereocenters. The molecule has 0 fully saturated rings. The smallest absolute Gasteiger partial charge is 0.241 e. The lowest BCUT2D eigenvalue weighted by molar-refractivity contribution is 0.415. The molecule has 6 heteroatoms. The lowest BCUT2D eigenvalue weighted by Crippen LogP contribution is -2.23. The van der Waals surface area contributed by atoms with Gasteiger partial charge in [0, 0.05) is 6.54 Å². The highest BCUT2D eigenvalue weighted by molar-refractivity contribution is 7.89. The molecule has 0 heterocycles. The fourth-order valence-corrected chi connectivity index (χ4v) is 3.48. The molecule has 21 heavy (non-hydrogen) atoms. The summed E-state index contributed by atoms with van der Waals surface area (Å²) in [5.41, 5.74) is 1.47. The number of rotatable bonds is 5. The molecule has 0 spiro atoms. The minimum absolute atomic E-state index is 0.167. The van der Waals surface area contributed by atoms with Crippen LogP contribution >= 0.6 is 11.6 Å². The van der Waals surface area contributed by atoms with Crippen molar-refractivity contribution in [1.29, 1.82) is 0 Å². The van der Waals surface area contributed by atoms with Crippen molar-refractivity contribution < 1.29 is 13.2 Å². The predicted molar refractivity (Wildman–Crippen MR) is 83.2 cm³/mol. The van der Waals surface area contributed by atoms with Crippen LogP contribution in [0, 0.1) is 6.92 Å². The third kappa shape index (κ3) is 3.75. The standard InChI is InChI=1S/C15H16ClNO3S/c1-11-5-3-4-6-15(11)21(18,19)17-10-12-7-8-14(20-2)13(16)9-12/h3-9,17H,10H2,1-2H3. The van der Waals surface area contributed by atoms with E-state index < -0.39 is 10.0 Å². The van der Waals surface area contributed by atoms with Crippen LogP contribution in [0.3, 0.4) is 0 Å². The van der Waals surface area contributed by atoms with Crippen LogP contribution in [0.25, 0.3) is 0 Å². The Morgan fingerprint density at radius 3 is 2.52 bits per heavy atom. The summed E-state index contributed by atoms with van der Waals surface area (Å²) in [5, 5.41) is 0.449. The first-order valence-electron chi connectivity index (χ1n) is 6.32. The summed E-state index contributed by atoms with van der Waals surface area (Å²) in [5.74, 6) is 0.558. The Balaban J connectivity index is 2.16. The van der Waals surface area contributed by atoms with Gasteiger partial charge in [-0.15, -0.1) is 0 Å². The number of hydrogen-bond acceptors (Lipinski definition) is 3. The normalized spacial score (nSPS) is 11.4. The molecule has 0 saturated heterocycles. The molecular weight excluding hydrogens is 310 g/mol. The van der Waals surface area contributed by atoms with Gasteiger partial charge in [-0.05, 0) is 36.2 Å². The molecule has 0 amide bonds. The van der Waals surface area contributed by atoms with Gasteiger partial charge >= 0.3 is 0 Å². The van der Waals surface area contributed by atoms with Gasteiger partial charge in [0.25, 0.3) is 0 Å². The Bertz CT molecular complexity index is 744. The van der Waals surface area contributed by atoms with Crippen molar-refractivity contribution in [3.8, 4) is 5.75 Å². The van der Waals surface area contributed by atoms with E-state index in [-0.39, 0.29) is 11.4 Å². The third-order valence-electron chi connectivity index (χ3n) is 3.07. The van der Waals surface area contributed by atoms with Crippen molar-refractivity contribution in [2.24, 2.45) is 0 Å².